The molecule has 0 aliphatic rings. The fourth-order valence-electron chi connectivity index (χ4n) is 2.17. The Labute approximate surface area is 132 Å². The van der Waals surface area contributed by atoms with Crippen molar-refractivity contribution in [2.75, 3.05) is 11.9 Å². The van der Waals surface area contributed by atoms with Gasteiger partial charge >= 0.3 is 0 Å². The smallest absolute Gasteiger partial charge is 0.245 e. The van der Waals surface area contributed by atoms with E-state index in [0.29, 0.717) is 19.0 Å². The first-order valence-corrected chi connectivity index (χ1v) is 7.14. The fourth-order valence-corrected chi connectivity index (χ4v) is 2.37. The molecule has 0 saturated carbocycles. The van der Waals surface area contributed by atoms with E-state index in [1.165, 1.54) is 0 Å². The van der Waals surface area contributed by atoms with Crippen molar-refractivity contribution in [2.45, 2.75) is 20.0 Å². The molecule has 0 saturated heterocycles. The van der Waals surface area contributed by atoms with Gasteiger partial charge in [0.05, 0.1) is 6.54 Å². The number of aryl methyl sites for hydroxylation is 1. The van der Waals surface area contributed by atoms with Crippen LogP contribution in [0.15, 0.2) is 34.9 Å². The third-order valence-electron chi connectivity index (χ3n) is 3.21. The Kier molecular flexibility index (Phi) is 4.06. The molecule has 0 bridgehead atoms. The molecule has 0 atom stereocenters. The maximum Gasteiger partial charge on any atom is 0.245 e. The summed E-state index contributed by atoms with van der Waals surface area (Å²) in [7, 11) is 1.92. The summed E-state index contributed by atoms with van der Waals surface area (Å²) in [5.41, 5.74) is 1.79. The van der Waals surface area contributed by atoms with Crippen LogP contribution in [0.4, 0.5) is 5.95 Å². The lowest BCUT2D eigenvalue weighted by atomic mass is 10.2. The van der Waals surface area contributed by atoms with E-state index in [1.807, 2.05) is 49.2 Å². The summed E-state index contributed by atoms with van der Waals surface area (Å²) in [5, 5.41) is 16.5. The van der Waals surface area contributed by atoms with E-state index in [0.717, 1.165) is 22.0 Å². The average molecular weight is 319 g/mol. The van der Waals surface area contributed by atoms with Crippen molar-refractivity contribution in [1.82, 2.24) is 25.4 Å². The largest absolute Gasteiger partial charge is 0.361 e. The van der Waals surface area contributed by atoms with E-state index < -0.39 is 0 Å². The van der Waals surface area contributed by atoms with Crippen LogP contribution in [0.3, 0.4) is 0 Å². The number of benzene rings is 1. The van der Waals surface area contributed by atoms with Gasteiger partial charge in [0.2, 0.25) is 5.95 Å². The number of rotatable bonds is 5. The van der Waals surface area contributed by atoms with Crippen LogP contribution in [0, 0.1) is 6.92 Å². The molecule has 0 amide bonds. The molecule has 0 spiro atoms. The first kappa shape index (κ1) is 14.5. The van der Waals surface area contributed by atoms with Crippen LogP contribution >= 0.6 is 11.6 Å². The lowest BCUT2D eigenvalue weighted by Crippen LogP contribution is -2.22. The topological polar surface area (TPSA) is 72.9 Å². The van der Waals surface area contributed by atoms with E-state index in [2.05, 4.69) is 20.7 Å². The maximum absolute atomic E-state index is 6.19. The third-order valence-corrected chi connectivity index (χ3v) is 3.58. The summed E-state index contributed by atoms with van der Waals surface area (Å²) < 4.78 is 6.74. The summed E-state index contributed by atoms with van der Waals surface area (Å²) in [6.45, 7) is 2.91. The van der Waals surface area contributed by atoms with Gasteiger partial charge in [0, 0.05) is 24.7 Å². The highest BCUT2D eigenvalue weighted by molar-refractivity contribution is 6.31. The molecule has 0 aliphatic carbocycles. The van der Waals surface area contributed by atoms with Crippen molar-refractivity contribution in [3.8, 4) is 0 Å². The van der Waals surface area contributed by atoms with Gasteiger partial charge in [-0.2, -0.15) is 0 Å². The average Bonchev–Trinajstić information content (AvgIpc) is 3.11. The monoisotopic (exact) mass is 318 g/mol. The Morgan fingerprint density at radius 3 is 2.86 bits per heavy atom. The lowest BCUT2D eigenvalue weighted by Gasteiger charge is -2.18. The lowest BCUT2D eigenvalue weighted by molar-refractivity contribution is 0.387. The van der Waals surface area contributed by atoms with Gasteiger partial charge in [-0.25, -0.2) is 4.68 Å². The minimum absolute atomic E-state index is 0.451. The van der Waals surface area contributed by atoms with E-state index >= 15 is 0 Å². The number of tetrazole rings is 1. The van der Waals surface area contributed by atoms with E-state index in [1.54, 1.807) is 4.68 Å². The molecule has 22 heavy (non-hydrogen) atoms. The molecule has 3 rings (SSSR count). The van der Waals surface area contributed by atoms with E-state index in [-0.39, 0.29) is 0 Å². The van der Waals surface area contributed by atoms with Crippen molar-refractivity contribution in [1.29, 1.82) is 0 Å². The number of anilines is 1. The molecule has 0 radical (unpaired) electrons. The van der Waals surface area contributed by atoms with Gasteiger partial charge < -0.3 is 9.42 Å². The summed E-state index contributed by atoms with van der Waals surface area (Å²) >= 11 is 6.19. The molecule has 2 aromatic heterocycles. The molecule has 2 heterocycles. The quantitative estimate of drug-likeness (QED) is 0.718. The highest BCUT2D eigenvalue weighted by Gasteiger charge is 2.14. The Hall–Kier alpha value is -2.41. The first-order valence-electron chi connectivity index (χ1n) is 6.76. The molecule has 3 aromatic rings. The second-order valence-corrected chi connectivity index (χ2v) is 5.42. The normalized spacial score (nSPS) is 10.9. The van der Waals surface area contributed by atoms with Gasteiger partial charge in [0.15, 0.2) is 0 Å². The van der Waals surface area contributed by atoms with E-state index in [9.17, 15) is 0 Å². The highest BCUT2D eigenvalue weighted by Crippen LogP contribution is 2.19. The van der Waals surface area contributed by atoms with Crippen LogP contribution in [-0.4, -0.2) is 32.4 Å². The molecule has 0 N–H and O–H groups in total. The number of aromatic nitrogens is 5. The van der Waals surface area contributed by atoms with E-state index in [4.69, 9.17) is 16.1 Å². The van der Waals surface area contributed by atoms with Gasteiger partial charge in [0.1, 0.15) is 11.5 Å². The van der Waals surface area contributed by atoms with Crippen LogP contribution in [0.1, 0.15) is 17.0 Å². The van der Waals surface area contributed by atoms with Gasteiger partial charge in [-0.3, -0.25) is 0 Å². The van der Waals surface area contributed by atoms with Gasteiger partial charge in [0.25, 0.3) is 0 Å². The van der Waals surface area contributed by atoms with Gasteiger partial charge in [-0.1, -0.05) is 40.1 Å². The molecule has 1 aromatic carbocycles. The summed E-state index contributed by atoms with van der Waals surface area (Å²) in [6, 6.07) is 9.57. The molecule has 0 unspecified atom stereocenters. The van der Waals surface area contributed by atoms with Crippen LogP contribution in [0.5, 0.6) is 0 Å². The summed E-state index contributed by atoms with van der Waals surface area (Å²) in [6.07, 6.45) is 0. The Balaban J connectivity index is 1.77. The van der Waals surface area contributed by atoms with Crippen LogP contribution < -0.4 is 4.90 Å². The van der Waals surface area contributed by atoms with Gasteiger partial charge in [-0.05, 0) is 29.0 Å². The Bertz CT molecular complexity index is 768. The summed E-state index contributed by atoms with van der Waals surface area (Å²) in [4.78, 5) is 1.94. The SMILES string of the molecule is Cc1cc(Cn2nnnc2N(C)Cc2ccccc2Cl)no1. The third kappa shape index (κ3) is 3.09. The van der Waals surface area contributed by atoms with Crippen molar-refractivity contribution in [3.63, 3.8) is 0 Å². The Morgan fingerprint density at radius 2 is 2.14 bits per heavy atom. The fraction of sp³-hybridized carbons (Fsp3) is 0.286. The zero-order valence-corrected chi connectivity index (χ0v) is 13.0. The highest BCUT2D eigenvalue weighted by atomic mass is 35.5. The number of hydrogen-bond acceptors (Lipinski definition) is 6. The number of nitrogens with zero attached hydrogens (tertiary/aromatic N) is 6. The molecular weight excluding hydrogens is 304 g/mol. The molecule has 0 fully saturated rings. The molecule has 8 heteroatoms. The number of hydrogen-bond donors (Lipinski definition) is 0. The second-order valence-electron chi connectivity index (χ2n) is 5.01. The Morgan fingerprint density at radius 1 is 1.32 bits per heavy atom. The number of halogens is 1. The standard InChI is InChI=1S/C14H15ClN6O/c1-10-7-12(17-22-10)9-21-14(16-18-19-21)20(2)8-11-5-3-4-6-13(11)15/h3-7H,8-9H2,1-2H3. The minimum Gasteiger partial charge on any atom is -0.361 e. The summed E-state index contributed by atoms with van der Waals surface area (Å²) in [5.74, 6) is 1.40. The molecule has 0 aliphatic heterocycles. The zero-order chi connectivity index (χ0) is 15.5. The van der Waals surface area contributed by atoms with Crippen molar-refractivity contribution in [2.24, 2.45) is 0 Å². The van der Waals surface area contributed by atoms with Crippen LogP contribution in [0.2, 0.25) is 5.02 Å². The van der Waals surface area contributed by atoms with Crippen molar-refractivity contribution >= 4 is 17.5 Å². The predicted molar refractivity (Wildman–Crippen MR) is 81.7 cm³/mol. The van der Waals surface area contributed by atoms with Crippen molar-refractivity contribution < 1.29 is 4.52 Å². The molecule has 7 nitrogen and oxygen atoms in total. The molecular formula is C14H15ClN6O. The maximum atomic E-state index is 6.19. The minimum atomic E-state index is 0.451. The van der Waals surface area contributed by atoms with Gasteiger partial charge in [-0.15, -0.1) is 0 Å². The second kappa shape index (κ2) is 6.15. The predicted octanol–water partition coefficient (Wildman–Crippen LogP) is 2.31. The van der Waals surface area contributed by atoms with Crippen molar-refractivity contribution in [3.05, 3.63) is 52.4 Å². The zero-order valence-electron chi connectivity index (χ0n) is 12.3. The first-order chi connectivity index (χ1) is 10.6. The molecule has 114 valence electrons. The van der Waals surface area contributed by atoms with Crippen LogP contribution in [-0.2, 0) is 13.1 Å². The van der Waals surface area contributed by atoms with Crippen LogP contribution in [0.25, 0.3) is 0 Å².